The fourth-order valence-corrected chi connectivity index (χ4v) is 7.45. The lowest BCUT2D eigenvalue weighted by Crippen LogP contribution is -2.33. The highest BCUT2D eigenvalue weighted by atomic mass is 31.3. The van der Waals surface area contributed by atoms with E-state index in [1.807, 2.05) is 6.07 Å². The standard InChI is InChI=1S/C22H32N7O15P3/c1-23-13-7-3-2-6-12(13)19(32)24-8-4-5-9-25-22-27-18-15(20(33)28-22)26-11-29(18)21-17(31)16(30)14(42-21)10-41-46(37,38)44-47(39,40)43-45(34,35)36/h2-3,6-7,11,14,16-17,21,23,30-31H,4-5,8-10H2,1H3,(H,24,32)(H,37,38)(H,39,40)(H2,34,35,36)(H2,25,27,28,33)/t14-,16-,17-,21-/m1/s1. The Morgan fingerprint density at radius 3 is 2.45 bits per heavy atom. The van der Waals surface area contributed by atoms with Crippen LogP contribution in [-0.4, -0.2) is 100 Å². The van der Waals surface area contributed by atoms with Gasteiger partial charge in [0.05, 0.1) is 18.5 Å². The first-order chi connectivity index (χ1) is 22.0. The van der Waals surface area contributed by atoms with E-state index in [2.05, 4.69) is 44.0 Å². The van der Waals surface area contributed by atoms with E-state index in [9.17, 15) is 43.3 Å². The summed E-state index contributed by atoms with van der Waals surface area (Å²) in [6.45, 7) is -0.305. The number of carbonyl (C=O) groups excluding carboxylic acids is 1. The van der Waals surface area contributed by atoms with Crippen molar-refractivity contribution in [3.05, 3.63) is 46.5 Å². The molecule has 10 N–H and O–H groups in total. The van der Waals surface area contributed by atoms with Gasteiger partial charge in [-0.05, 0) is 25.0 Å². The molecule has 3 aromatic rings. The van der Waals surface area contributed by atoms with Crippen LogP contribution >= 0.6 is 23.5 Å². The second-order valence-electron chi connectivity index (χ2n) is 9.86. The van der Waals surface area contributed by atoms with E-state index in [1.54, 1.807) is 25.2 Å². The number of aliphatic hydroxyl groups is 2. The van der Waals surface area contributed by atoms with Gasteiger partial charge in [-0.3, -0.25) is 23.7 Å². The number of hydrogen-bond donors (Lipinski definition) is 10. The monoisotopic (exact) mass is 727 g/mol. The zero-order valence-corrected chi connectivity index (χ0v) is 27.0. The quantitative estimate of drug-likeness (QED) is 0.0671. The minimum atomic E-state index is -5.78. The highest BCUT2D eigenvalue weighted by Gasteiger charge is 2.47. The molecule has 4 rings (SSSR count). The van der Waals surface area contributed by atoms with Gasteiger partial charge in [-0.2, -0.15) is 13.6 Å². The van der Waals surface area contributed by atoms with Crippen LogP contribution in [0, 0.1) is 0 Å². The second-order valence-corrected chi connectivity index (χ2v) is 14.3. The molecule has 22 nitrogen and oxygen atoms in total. The number of benzene rings is 1. The number of carbonyl (C=O) groups is 1. The summed E-state index contributed by atoms with van der Waals surface area (Å²) in [6, 6.07) is 7.06. The molecule has 0 radical (unpaired) electrons. The van der Waals surface area contributed by atoms with Crippen molar-refractivity contribution < 1.29 is 66.2 Å². The molecule has 1 aliphatic heterocycles. The molecular weight excluding hydrogens is 695 g/mol. The first kappa shape index (κ1) is 36.8. The predicted octanol–water partition coefficient (Wildman–Crippen LogP) is -0.254. The van der Waals surface area contributed by atoms with Crippen molar-refractivity contribution in [2.45, 2.75) is 37.4 Å². The zero-order chi connectivity index (χ0) is 34.6. The number of aliphatic hydroxyl groups excluding tert-OH is 2. The number of nitrogens with one attached hydrogen (secondary N) is 4. The lowest BCUT2D eigenvalue weighted by molar-refractivity contribution is -0.0503. The minimum Gasteiger partial charge on any atom is -0.387 e. The lowest BCUT2D eigenvalue weighted by Gasteiger charge is -2.19. The van der Waals surface area contributed by atoms with Gasteiger partial charge in [-0.15, -0.1) is 0 Å². The molecule has 0 bridgehead atoms. The average Bonchev–Trinajstić information content (AvgIpc) is 3.52. The minimum absolute atomic E-state index is 0.0356. The fourth-order valence-electron chi connectivity index (χ4n) is 4.42. The maximum absolute atomic E-state index is 12.6. The van der Waals surface area contributed by atoms with Crippen molar-refractivity contribution in [2.24, 2.45) is 0 Å². The summed E-state index contributed by atoms with van der Waals surface area (Å²) in [5, 5.41) is 29.8. The SMILES string of the molecule is CNc1ccccc1C(=O)NCCCCNc1nc2c(ncn2[C@@H]2O[C@H](COP(=O)(O)OP(=O)(O)OP(=O)(O)O)[C@@H](O)[C@H]2O)c(=O)[nH]1. The van der Waals surface area contributed by atoms with Crippen LogP contribution in [-0.2, 0) is 31.6 Å². The third-order valence-corrected chi connectivity index (χ3v) is 10.3. The fraction of sp³-hybridized carbons (Fsp3) is 0.455. The third-order valence-electron chi connectivity index (χ3n) is 6.48. The van der Waals surface area contributed by atoms with Gasteiger partial charge in [-0.1, -0.05) is 12.1 Å². The highest BCUT2D eigenvalue weighted by Crippen LogP contribution is 2.66. The number of ether oxygens (including phenoxy) is 1. The summed E-state index contributed by atoms with van der Waals surface area (Å²) in [4.78, 5) is 72.0. The molecule has 0 aliphatic carbocycles. The Balaban J connectivity index is 1.33. The Hall–Kier alpha value is -3.07. The van der Waals surface area contributed by atoms with Crippen LogP contribution in [0.4, 0.5) is 11.6 Å². The van der Waals surface area contributed by atoms with E-state index in [0.717, 1.165) is 10.9 Å². The summed E-state index contributed by atoms with van der Waals surface area (Å²) in [6.07, 6.45) is -4.27. The largest absolute Gasteiger partial charge is 0.490 e. The number of aromatic amines is 1. The Bertz CT molecular complexity index is 1780. The number of H-pyrrole nitrogens is 1. The number of rotatable bonds is 16. The van der Waals surface area contributed by atoms with Crippen molar-refractivity contribution in [3.8, 4) is 0 Å². The van der Waals surface area contributed by atoms with Crippen molar-refractivity contribution in [1.29, 1.82) is 0 Å². The Morgan fingerprint density at radius 1 is 1.04 bits per heavy atom. The molecule has 0 spiro atoms. The lowest BCUT2D eigenvalue weighted by atomic mass is 10.1. The van der Waals surface area contributed by atoms with Gasteiger partial charge in [0.15, 0.2) is 17.4 Å². The number of unbranched alkanes of at least 4 members (excludes halogenated alkanes) is 1. The number of phosphoric acid groups is 3. The van der Waals surface area contributed by atoms with E-state index in [4.69, 9.17) is 14.5 Å². The number of phosphoric ester groups is 1. The molecule has 0 saturated carbocycles. The van der Waals surface area contributed by atoms with E-state index in [1.165, 1.54) is 0 Å². The van der Waals surface area contributed by atoms with Crippen LogP contribution < -0.4 is 21.5 Å². The molecule has 1 fully saturated rings. The van der Waals surface area contributed by atoms with E-state index in [-0.39, 0.29) is 23.0 Å². The van der Waals surface area contributed by atoms with Gasteiger partial charge < -0.3 is 50.5 Å². The predicted molar refractivity (Wildman–Crippen MR) is 160 cm³/mol. The molecule has 25 heteroatoms. The molecule has 260 valence electrons. The summed E-state index contributed by atoms with van der Waals surface area (Å²) in [7, 11) is -15.2. The number of nitrogens with zero attached hydrogens (tertiary/aromatic N) is 3. The number of aromatic nitrogens is 4. The van der Waals surface area contributed by atoms with E-state index >= 15 is 0 Å². The molecule has 1 amide bonds. The summed E-state index contributed by atoms with van der Waals surface area (Å²) >= 11 is 0. The summed E-state index contributed by atoms with van der Waals surface area (Å²) in [5.74, 6) is -0.196. The van der Waals surface area contributed by atoms with Crippen molar-refractivity contribution >= 4 is 52.2 Å². The van der Waals surface area contributed by atoms with E-state index < -0.39 is 60.2 Å². The maximum atomic E-state index is 12.6. The number of fused-ring (bicyclic) bond motifs is 1. The summed E-state index contributed by atoms with van der Waals surface area (Å²) in [5.41, 5.74) is 0.331. The Morgan fingerprint density at radius 2 is 1.74 bits per heavy atom. The summed E-state index contributed by atoms with van der Waals surface area (Å²) < 4.78 is 52.7. The molecular formula is C22H32N7O15P3. The maximum Gasteiger partial charge on any atom is 0.490 e. The smallest absolute Gasteiger partial charge is 0.387 e. The van der Waals surface area contributed by atoms with Gasteiger partial charge in [0.2, 0.25) is 5.95 Å². The number of para-hydroxylation sites is 1. The van der Waals surface area contributed by atoms with E-state index in [0.29, 0.717) is 37.2 Å². The second kappa shape index (κ2) is 15.0. The normalized spacial score (nSPS) is 22.4. The Kier molecular flexibility index (Phi) is 11.7. The number of imidazole rings is 1. The first-order valence-electron chi connectivity index (χ1n) is 13.6. The zero-order valence-electron chi connectivity index (χ0n) is 24.3. The van der Waals surface area contributed by atoms with Crippen LogP contribution in [0.5, 0.6) is 0 Å². The number of hydrogen-bond acceptors (Lipinski definition) is 15. The Labute approximate surface area is 264 Å². The van der Waals surface area contributed by atoms with Crippen LogP contribution in [0.3, 0.4) is 0 Å². The highest BCUT2D eigenvalue weighted by molar-refractivity contribution is 7.66. The van der Waals surface area contributed by atoms with Crippen molar-refractivity contribution in [3.63, 3.8) is 0 Å². The van der Waals surface area contributed by atoms with Crippen LogP contribution in [0.1, 0.15) is 29.4 Å². The molecule has 1 saturated heterocycles. The van der Waals surface area contributed by atoms with Gasteiger partial charge in [0.1, 0.15) is 18.3 Å². The van der Waals surface area contributed by atoms with Crippen LogP contribution in [0.25, 0.3) is 11.2 Å². The third kappa shape index (κ3) is 9.74. The molecule has 3 heterocycles. The first-order valence-corrected chi connectivity index (χ1v) is 18.1. The van der Waals surface area contributed by atoms with Crippen LogP contribution in [0.15, 0.2) is 35.4 Å². The van der Waals surface area contributed by atoms with Crippen molar-refractivity contribution in [2.75, 3.05) is 37.4 Å². The average molecular weight is 727 g/mol. The molecule has 1 aliphatic rings. The van der Waals surface area contributed by atoms with Gasteiger partial charge in [0, 0.05) is 25.8 Å². The van der Waals surface area contributed by atoms with Gasteiger partial charge >= 0.3 is 23.5 Å². The molecule has 1 aromatic carbocycles. The molecule has 6 atom stereocenters. The number of amides is 1. The molecule has 2 unspecified atom stereocenters. The number of anilines is 2. The van der Waals surface area contributed by atoms with Gasteiger partial charge in [-0.25, -0.2) is 18.7 Å². The molecule has 2 aromatic heterocycles. The van der Waals surface area contributed by atoms with Crippen molar-refractivity contribution in [1.82, 2.24) is 24.8 Å². The topological polar surface area (TPSA) is 326 Å². The van der Waals surface area contributed by atoms with Gasteiger partial charge in [0.25, 0.3) is 11.5 Å². The molecule has 47 heavy (non-hydrogen) atoms. The van der Waals surface area contributed by atoms with Crippen LogP contribution in [0.2, 0.25) is 0 Å².